The Labute approximate surface area is 279 Å². The summed E-state index contributed by atoms with van der Waals surface area (Å²) in [6.07, 6.45) is -2.65. The fourth-order valence-electron chi connectivity index (χ4n) is 9.96. The van der Waals surface area contributed by atoms with Gasteiger partial charge in [-0.1, -0.05) is 6.92 Å². The van der Waals surface area contributed by atoms with E-state index in [2.05, 4.69) is 0 Å². The standard InChI is InChI=1S/C35H46O13/c1-19(37)45-18-34-29(48-31(41)22-6-8-23(44-5)9-7-22)14-24(46-20(2)38)15-33(34,42)12-10-26-30(34)28(47-21(3)39)16-32(4)25(27(40)17-36)11-13-35(26,32)43/h6-9,24-26,28-30,36,42-43H,10-18H2,1-5H3/t24-,25+,26+,28+,29+,30+,32+,33-,34+,35-/m0/s1. The molecule has 48 heavy (non-hydrogen) atoms. The van der Waals surface area contributed by atoms with Gasteiger partial charge in [0.05, 0.1) is 29.3 Å². The summed E-state index contributed by atoms with van der Waals surface area (Å²) in [5.41, 5.74) is -5.93. The van der Waals surface area contributed by atoms with Crippen molar-refractivity contribution in [1.82, 2.24) is 0 Å². The Balaban J connectivity index is 1.69. The van der Waals surface area contributed by atoms with E-state index >= 15 is 0 Å². The van der Waals surface area contributed by atoms with Crippen molar-refractivity contribution in [3.63, 3.8) is 0 Å². The van der Waals surface area contributed by atoms with Gasteiger partial charge in [0.25, 0.3) is 0 Å². The van der Waals surface area contributed by atoms with Gasteiger partial charge in [-0.3, -0.25) is 19.2 Å². The molecule has 4 aliphatic carbocycles. The van der Waals surface area contributed by atoms with Crippen molar-refractivity contribution in [2.75, 3.05) is 20.3 Å². The molecule has 4 fully saturated rings. The second kappa shape index (κ2) is 13.1. The fraction of sp³-hybridized carbons (Fsp3) is 0.686. The van der Waals surface area contributed by atoms with E-state index in [0.29, 0.717) is 5.75 Å². The summed E-state index contributed by atoms with van der Waals surface area (Å²) >= 11 is 0. The Morgan fingerprint density at radius 1 is 0.875 bits per heavy atom. The molecule has 13 nitrogen and oxygen atoms in total. The maximum absolute atomic E-state index is 13.8. The molecular weight excluding hydrogens is 628 g/mol. The Morgan fingerprint density at radius 2 is 1.54 bits per heavy atom. The monoisotopic (exact) mass is 674 g/mol. The van der Waals surface area contributed by atoms with Gasteiger partial charge in [-0.15, -0.1) is 0 Å². The first-order valence-electron chi connectivity index (χ1n) is 16.5. The van der Waals surface area contributed by atoms with Crippen LogP contribution < -0.4 is 4.74 Å². The Hall–Kier alpha value is -3.55. The van der Waals surface area contributed by atoms with Crippen molar-refractivity contribution >= 4 is 29.7 Å². The number of hydrogen-bond acceptors (Lipinski definition) is 13. The molecule has 1 aromatic rings. The highest BCUT2D eigenvalue weighted by Crippen LogP contribution is 2.71. The topological polar surface area (TPSA) is 192 Å². The maximum Gasteiger partial charge on any atom is 0.338 e. The summed E-state index contributed by atoms with van der Waals surface area (Å²) in [5, 5.41) is 35.3. The molecule has 0 bridgehead atoms. The summed E-state index contributed by atoms with van der Waals surface area (Å²) in [6, 6.07) is 6.18. The molecule has 0 saturated heterocycles. The normalized spacial score (nSPS) is 38.3. The van der Waals surface area contributed by atoms with Gasteiger partial charge in [-0.2, -0.15) is 0 Å². The van der Waals surface area contributed by atoms with Crippen LogP contribution in [0.2, 0.25) is 0 Å². The van der Waals surface area contributed by atoms with Crippen molar-refractivity contribution in [3.05, 3.63) is 29.8 Å². The molecule has 0 spiro atoms. The van der Waals surface area contributed by atoms with Crippen LogP contribution >= 0.6 is 0 Å². The minimum atomic E-state index is -1.80. The lowest BCUT2D eigenvalue weighted by Crippen LogP contribution is -2.76. The van der Waals surface area contributed by atoms with Gasteiger partial charge in [-0.25, -0.2) is 4.79 Å². The number of carbonyl (C=O) groups excluding carboxylic acids is 5. The number of esters is 4. The number of hydrogen-bond donors (Lipinski definition) is 3. The second-order valence-corrected chi connectivity index (χ2v) is 14.2. The number of methoxy groups -OCH3 is 1. The third kappa shape index (κ3) is 5.77. The summed E-state index contributed by atoms with van der Waals surface area (Å²) in [4.78, 5) is 64.2. The van der Waals surface area contributed by atoms with Crippen LogP contribution in [-0.4, -0.2) is 94.8 Å². The van der Waals surface area contributed by atoms with Gasteiger partial charge in [0.1, 0.15) is 37.3 Å². The van der Waals surface area contributed by atoms with Crippen molar-refractivity contribution in [1.29, 1.82) is 0 Å². The molecule has 4 aliphatic rings. The number of rotatable bonds is 9. The van der Waals surface area contributed by atoms with Crippen LogP contribution in [0.5, 0.6) is 5.75 Å². The SMILES string of the molecule is COc1ccc(C(=O)O[C@@H]2C[C@H](OC(C)=O)C[C@@]3(O)CC[C@@H]4[C@H]([C@H](OC(C)=O)C[C@]5(C)[C@@H](C(=O)CO)CC[C@]45O)[C@@]23COC(C)=O)cc1. The zero-order chi connectivity index (χ0) is 35.2. The van der Waals surface area contributed by atoms with Gasteiger partial charge in [0.15, 0.2) is 5.78 Å². The van der Waals surface area contributed by atoms with Crippen LogP contribution in [0, 0.1) is 28.6 Å². The lowest BCUT2D eigenvalue weighted by Gasteiger charge is -2.68. The largest absolute Gasteiger partial charge is 0.497 e. The Bertz CT molecular complexity index is 1440. The number of benzene rings is 1. The first-order valence-corrected chi connectivity index (χ1v) is 16.5. The van der Waals surface area contributed by atoms with E-state index in [1.807, 2.05) is 0 Å². The maximum atomic E-state index is 13.8. The Morgan fingerprint density at radius 3 is 2.12 bits per heavy atom. The zero-order valence-corrected chi connectivity index (χ0v) is 28.1. The summed E-state index contributed by atoms with van der Waals surface area (Å²) in [5.74, 6) is -4.99. The molecule has 10 atom stereocenters. The molecular formula is C35H46O13. The predicted molar refractivity (Wildman–Crippen MR) is 165 cm³/mol. The van der Waals surface area contributed by atoms with Crippen molar-refractivity contribution in [2.24, 2.45) is 28.6 Å². The highest BCUT2D eigenvalue weighted by molar-refractivity contribution is 5.89. The van der Waals surface area contributed by atoms with Crippen LogP contribution in [0.3, 0.4) is 0 Å². The molecule has 0 heterocycles. The number of ketones is 1. The van der Waals surface area contributed by atoms with E-state index in [-0.39, 0.29) is 50.5 Å². The quantitative estimate of drug-likeness (QED) is 0.256. The predicted octanol–water partition coefficient (Wildman–Crippen LogP) is 2.30. The van der Waals surface area contributed by atoms with Crippen LogP contribution in [0.1, 0.15) is 83.0 Å². The van der Waals surface area contributed by atoms with E-state index in [9.17, 15) is 39.3 Å². The number of ether oxygens (including phenoxy) is 5. The first kappa shape index (κ1) is 35.7. The van der Waals surface area contributed by atoms with Crippen LogP contribution in [0.25, 0.3) is 0 Å². The van der Waals surface area contributed by atoms with E-state index in [0.717, 1.165) is 0 Å². The molecule has 0 unspecified atom stereocenters. The average Bonchev–Trinajstić information content (AvgIpc) is 3.29. The second-order valence-electron chi connectivity index (χ2n) is 14.2. The van der Waals surface area contributed by atoms with Crippen molar-refractivity contribution in [3.8, 4) is 5.75 Å². The molecule has 0 aromatic heterocycles. The number of Topliss-reactive ketones (excluding diaryl/α,β-unsaturated/α-hetero) is 1. The zero-order valence-electron chi connectivity index (χ0n) is 28.1. The van der Waals surface area contributed by atoms with Gasteiger partial charge < -0.3 is 39.0 Å². The van der Waals surface area contributed by atoms with Crippen LogP contribution in [0.4, 0.5) is 0 Å². The highest BCUT2D eigenvalue weighted by Gasteiger charge is 2.77. The molecule has 0 amide bonds. The molecule has 1 aromatic carbocycles. The molecule has 3 N–H and O–H groups in total. The van der Waals surface area contributed by atoms with Gasteiger partial charge in [0, 0.05) is 50.9 Å². The van der Waals surface area contributed by atoms with Crippen LogP contribution in [0.15, 0.2) is 24.3 Å². The molecule has 264 valence electrons. The highest BCUT2D eigenvalue weighted by atomic mass is 16.6. The minimum absolute atomic E-state index is 0.00885. The van der Waals surface area contributed by atoms with E-state index in [4.69, 9.17) is 23.7 Å². The number of fused-ring (bicyclic) bond motifs is 5. The number of aliphatic hydroxyl groups is 3. The molecule has 0 aliphatic heterocycles. The van der Waals surface area contributed by atoms with Gasteiger partial charge in [-0.05, 0) is 62.3 Å². The van der Waals surface area contributed by atoms with Crippen molar-refractivity contribution < 1.29 is 63.0 Å². The molecule has 13 heteroatoms. The molecule has 0 radical (unpaired) electrons. The smallest absolute Gasteiger partial charge is 0.338 e. The summed E-state index contributed by atoms with van der Waals surface area (Å²) in [7, 11) is 1.48. The average molecular weight is 675 g/mol. The molecule has 4 saturated carbocycles. The third-order valence-corrected chi connectivity index (χ3v) is 11.9. The first-order chi connectivity index (χ1) is 22.5. The van der Waals surface area contributed by atoms with E-state index < -0.39 is 101 Å². The lowest BCUT2D eigenvalue weighted by molar-refractivity contribution is -0.318. The fourth-order valence-corrected chi connectivity index (χ4v) is 9.96. The van der Waals surface area contributed by atoms with E-state index in [1.54, 1.807) is 19.1 Å². The number of aliphatic hydroxyl groups excluding tert-OH is 1. The lowest BCUT2D eigenvalue weighted by atomic mass is 9.40. The van der Waals surface area contributed by atoms with E-state index in [1.165, 1.54) is 40.0 Å². The minimum Gasteiger partial charge on any atom is -0.497 e. The van der Waals surface area contributed by atoms with Crippen LogP contribution in [-0.2, 0) is 38.1 Å². The summed E-state index contributed by atoms with van der Waals surface area (Å²) < 4.78 is 28.8. The summed E-state index contributed by atoms with van der Waals surface area (Å²) in [6.45, 7) is 4.27. The third-order valence-electron chi connectivity index (χ3n) is 11.9. The number of carbonyl (C=O) groups is 5. The van der Waals surface area contributed by atoms with Gasteiger partial charge >= 0.3 is 23.9 Å². The Kier molecular flexibility index (Phi) is 9.72. The molecule has 5 rings (SSSR count). The van der Waals surface area contributed by atoms with Gasteiger partial charge in [0.2, 0.25) is 0 Å². The van der Waals surface area contributed by atoms with Crippen molar-refractivity contribution in [2.45, 2.75) is 102 Å².